The Morgan fingerprint density at radius 3 is 2.48 bits per heavy atom. The van der Waals surface area contributed by atoms with E-state index < -0.39 is 39.0 Å². The van der Waals surface area contributed by atoms with Crippen LogP contribution in [-0.2, 0) is 29.5 Å². The first-order chi connectivity index (χ1) is 12.8. The molecule has 8 heteroatoms. The summed E-state index contributed by atoms with van der Waals surface area (Å²) in [7, 11) is -4.14. The van der Waals surface area contributed by atoms with E-state index in [2.05, 4.69) is 0 Å². The van der Waals surface area contributed by atoms with E-state index in [0.717, 1.165) is 6.08 Å². The Morgan fingerprint density at radius 1 is 1.04 bits per heavy atom. The summed E-state index contributed by atoms with van der Waals surface area (Å²) in [5.74, 6) is -2.96. The van der Waals surface area contributed by atoms with Crippen LogP contribution in [0.5, 0.6) is 11.5 Å². The van der Waals surface area contributed by atoms with E-state index in [1.807, 2.05) is 0 Å². The quantitative estimate of drug-likeness (QED) is 0.459. The molecule has 2 aliphatic rings. The van der Waals surface area contributed by atoms with Crippen LogP contribution in [0.1, 0.15) is 17.5 Å². The number of allylic oxidation sites excluding steroid dienone is 1. The normalized spacial score (nSPS) is 26.1. The summed E-state index contributed by atoms with van der Waals surface area (Å²) in [6, 6.07) is 9.98. The van der Waals surface area contributed by atoms with Gasteiger partial charge in [0.15, 0.2) is 11.5 Å². The van der Waals surface area contributed by atoms with E-state index in [-0.39, 0.29) is 22.6 Å². The van der Waals surface area contributed by atoms with E-state index in [1.54, 1.807) is 18.2 Å². The molecule has 2 aromatic carbocycles. The van der Waals surface area contributed by atoms with Gasteiger partial charge in [0, 0.05) is 17.9 Å². The van der Waals surface area contributed by atoms with E-state index in [0.29, 0.717) is 5.56 Å². The highest BCUT2D eigenvalue weighted by Gasteiger charge is 2.55. The van der Waals surface area contributed by atoms with Crippen molar-refractivity contribution in [2.45, 2.75) is 16.9 Å². The first-order valence-corrected chi connectivity index (χ1v) is 9.49. The second-order valence-electron chi connectivity index (χ2n) is 6.43. The Morgan fingerprint density at radius 2 is 1.78 bits per heavy atom. The van der Waals surface area contributed by atoms with Gasteiger partial charge >= 0.3 is 0 Å². The third-order valence-electron chi connectivity index (χ3n) is 4.88. The Balaban J connectivity index is 2.03. The van der Waals surface area contributed by atoms with E-state index in [9.17, 15) is 28.2 Å². The summed E-state index contributed by atoms with van der Waals surface area (Å²) in [6.07, 6.45) is 2.31. The first kappa shape index (κ1) is 17.4. The van der Waals surface area contributed by atoms with Crippen LogP contribution in [0.25, 0.3) is 0 Å². The third kappa shape index (κ3) is 2.48. The molecule has 0 radical (unpaired) electrons. The fourth-order valence-corrected chi connectivity index (χ4v) is 5.11. The van der Waals surface area contributed by atoms with Crippen LogP contribution in [0.2, 0.25) is 0 Å². The molecule has 0 bridgehead atoms. The minimum atomic E-state index is -4.14. The molecule has 4 rings (SSSR count). The molecule has 0 amide bonds. The van der Waals surface area contributed by atoms with Gasteiger partial charge in [-0.2, -0.15) is 8.42 Å². The summed E-state index contributed by atoms with van der Waals surface area (Å²) in [4.78, 5) is 23.6. The van der Waals surface area contributed by atoms with Crippen molar-refractivity contribution in [2.75, 3.05) is 0 Å². The maximum absolute atomic E-state index is 12.7. The highest BCUT2D eigenvalue weighted by Crippen LogP contribution is 2.53. The van der Waals surface area contributed by atoms with Crippen LogP contribution in [0.3, 0.4) is 0 Å². The largest absolute Gasteiger partial charge is 0.504 e. The van der Waals surface area contributed by atoms with Crippen molar-refractivity contribution < 1.29 is 32.4 Å². The summed E-state index contributed by atoms with van der Waals surface area (Å²) >= 11 is 0. The zero-order chi connectivity index (χ0) is 19.4. The highest BCUT2D eigenvalue weighted by molar-refractivity contribution is 7.87. The number of hydrogen-bond donors (Lipinski definition) is 2. The van der Waals surface area contributed by atoms with Crippen molar-refractivity contribution in [1.82, 2.24) is 0 Å². The monoisotopic (exact) mass is 386 g/mol. The molecule has 0 aromatic heterocycles. The zero-order valence-corrected chi connectivity index (χ0v) is 14.6. The molecule has 2 unspecified atom stereocenters. The number of ketones is 2. The van der Waals surface area contributed by atoms with Crippen molar-refractivity contribution in [3.63, 3.8) is 0 Å². The van der Waals surface area contributed by atoms with E-state index >= 15 is 0 Å². The molecule has 1 heterocycles. The minimum Gasteiger partial charge on any atom is -0.504 e. The lowest BCUT2D eigenvalue weighted by atomic mass is 9.72. The molecule has 2 N–H and O–H groups in total. The molecule has 1 aliphatic carbocycles. The summed E-state index contributed by atoms with van der Waals surface area (Å²) in [5.41, 5.74) is -1.11. The standard InChI is InChI=1S/C19H14O7S/c20-14-7-5-11(9-16(14)22)19(12-6-8-15(21)17(23)10-12)13-3-1-2-4-18(13)27(24,25)26-19/h1-9,12,20,22H,10H2. The van der Waals surface area contributed by atoms with Gasteiger partial charge < -0.3 is 10.2 Å². The number of phenolic OH excluding ortho intramolecular Hbond substituents is 2. The molecular weight excluding hydrogens is 372 g/mol. The van der Waals surface area contributed by atoms with Gasteiger partial charge in [0.1, 0.15) is 10.5 Å². The number of carbonyl (C=O) groups excluding carboxylic acids is 2. The summed E-state index contributed by atoms with van der Waals surface area (Å²) in [6.45, 7) is 0. The molecule has 0 fully saturated rings. The smallest absolute Gasteiger partial charge is 0.298 e. The Kier molecular flexibility index (Phi) is 3.72. The Hall–Kier alpha value is -2.97. The molecule has 0 saturated heterocycles. The molecule has 0 spiro atoms. The number of benzene rings is 2. The number of Topliss-reactive ketones (excluding diaryl/α,β-unsaturated/α-hetero) is 1. The Bertz CT molecular complexity index is 1120. The lowest BCUT2D eigenvalue weighted by Crippen LogP contribution is -2.39. The molecule has 0 saturated carbocycles. The highest BCUT2D eigenvalue weighted by atomic mass is 32.2. The van der Waals surface area contributed by atoms with E-state index in [4.69, 9.17) is 4.18 Å². The van der Waals surface area contributed by atoms with Crippen molar-refractivity contribution in [1.29, 1.82) is 0 Å². The number of phenols is 2. The topological polar surface area (TPSA) is 118 Å². The number of hydrogen-bond acceptors (Lipinski definition) is 7. The summed E-state index contributed by atoms with van der Waals surface area (Å²) < 4.78 is 30.9. The van der Waals surface area contributed by atoms with Crippen molar-refractivity contribution in [2.24, 2.45) is 5.92 Å². The van der Waals surface area contributed by atoms with Crippen molar-refractivity contribution >= 4 is 21.7 Å². The minimum absolute atomic E-state index is 0.0460. The van der Waals surface area contributed by atoms with Gasteiger partial charge in [0.05, 0.1) is 0 Å². The summed E-state index contributed by atoms with van der Waals surface area (Å²) in [5, 5.41) is 19.6. The number of aromatic hydroxyl groups is 2. The average Bonchev–Trinajstić information content (AvgIpc) is 2.89. The van der Waals surface area contributed by atoms with Gasteiger partial charge in [-0.3, -0.25) is 9.59 Å². The molecule has 2 atom stereocenters. The van der Waals surface area contributed by atoms with Gasteiger partial charge in [-0.25, -0.2) is 4.18 Å². The molecule has 7 nitrogen and oxygen atoms in total. The number of carbonyl (C=O) groups is 2. The van der Waals surface area contributed by atoms with Gasteiger partial charge in [-0.05, 0) is 29.8 Å². The lowest BCUT2D eigenvalue weighted by molar-refractivity contribution is -0.135. The molecule has 138 valence electrons. The molecule has 1 aliphatic heterocycles. The number of rotatable bonds is 2. The fourth-order valence-electron chi connectivity index (χ4n) is 3.63. The van der Waals surface area contributed by atoms with Crippen LogP contribution in [0.15, 0.2) is 59.5 Å². The van der Waals surface area contributed by atoms with Gasteiger partial charge in [-0.1, -0.05) is 30.3 Å². The lowest BCUT2D eigenvalue weighted by Gasteiger charge is -2.36. The molecular formula is C19H14O7S. The van der Waals surface area contributed by atoms with Crippen molar-refractivity contribution in [3.05, 3.63) is 65.7 Å². The second kappa shape index (κ2) is 5.77. The van der Waals surface area contributed by atoms with Crippen molar-refractivity contribution in [3.8, 4) is 11.5 Å². The van der Waals surface area contributed by atoms with Gasteiger partial charge in [0.2, 0.25) is 11.6 Å². The predicted molar refractivity (Wildman–Crippen MR) is 92.5 cm³/mol. The zero-order valence-electron chi connectivity index (χ0n) is 13.8. The molecule has 2 aromatic rings. The maximum atomic E-state index is 12.7. The fraction of sp³-hybridized carbons (Fsp3) is 0.158. The van der Waals surface area contributed by atoms with Gasteiger partial charge in [-0.15, -0.1) is 0 Å². The third-order valence-corrected chi connectivity index (χ3v) is 6.26. The van der Waals surface area contributed by atoms with Crippen LogP contribution in [-0.4, -0.2) is 30.2 Å². The molecule has 27 heavy (non-hydrogen) atoms. The maximum Gasteiger partial charge on any atom is 0.298 e. The van der Waals surface area contributed by atoms with Crippen LogP contribution < -0.4 is 0 Å². The SMILES string of the molecule is O=C1C=CC(C2(c3ccc(O)c(O)c3)OS(=O)(=O)c3ccccc32)CC1=O. The van der Waals surface area contributed by atoms with Gasteiger partial charge in [0.25, 0.3) is 10.1 Å². The number of fused-ring (bicyclic) bond motifs is 1. The van der Waals surface area contributed by atoms with Crippen LogP contribution in [0, 0.1) is 5.92 Å². The Labute approximate surface area is 154 Å². The predicted octanol–water partition coefficient (Wildman–Crippen LogP) is 1.77. The van der Waals surface area contributed by atoms with Crippen LogP contribution in [0.4, 0.5) is 0 Å². The average molecular weight is 386 g/mol. The first-order valence-electron chi connectivity index (χ1n) is 8.08. The van der Waals surface area contributed by atoms with Crippen LogP contribution >= 0.6 is 0 Å². The second-order valence-corrected chi connectivity index (χ2v) is 7.94. The van der Waals surface area contributed by atoms with E-state index in [1.165, 1.54) is 30.3 Å².